The zero-order valence-electron chi connectivity index (χ0n) is 8.52. The van der Waals surface area contributed by atoms with Crippen molar-refractivity contribution in [2.24, 2.45) is 5.73 Å². The van der Waals surface area contributed by atoms with E-state index >= 15 is 0 Å². The number of hydrogen-bond donors (Lipinski definition) is 1. The lowest BCUT2D eigenvalue weighted by atomic mass is 10.2. The van der Waals surface area contributed by atoms with Crippen molar-refractivity contribution in [1.82, 2.24) is 9.78 Å². The molecular formula is C9H15N3O3. The van der Waals surface area contributed by atoms with Gasteiger partial charge in [-0.3, -0.25) is 0 Å². The molecule has 0 saturated carbocycles. The van der Waals surface area contributed by atoms with Crippen LogP contribution in [0, 0.1) is 0 Å². The first-order chi connectivity index (χ1) is 7.29. The third-order valence-corrected chi connectivity index (χ3v) is 2.41. The number of nitrogens with two attached hydrogens (primary N) is 1. The van der Waals surface area contributed by atoms with Crippen molar-refractivity contribution >= 4 is 0 Å². The largest absolute Gasteiger partial charge is 0.437 e. The van der Waals surface area contributed by atoms with Crippen LogP contribution in [0.3, 0.4) is 0 Å². The van der Waals surface area contributed by atoms with Crippen LogP contribution in [-0.2, 0) is 17.7 Å². The molecule has 1 atom stereocenters. The van der Waals surface area contributed by atoms with Crippen molar-refractivity contribution in [2.45, 2.75) is 31.9 Å². The topological polar surface area (TPSA) is 83.3 Å². The highest BCUT2D eigenvalue weighted by Crippen LogP contribution is 2.12. The number of hydrogen-bond acceptors (Lipinski definition) is 5. The van der Waals surface area contributed by atoms with Gasteiger partial charge in [-0.25, -0.2) is 4.79 Å². The van der Waals surface area contributed by atoms with Gasteiger partial charge >= 0.3 is 5.76 Å². The fourth-order valence-electron chi connectivity index (χ4n) is 1.67. The quantitative estimate of drug-likeness (QED) is 0.730. The third-order valence-electron chi connectivity index (χ3n) is 2.41. The van der Waals surface area contributed by atoms with E-state index in [4.69, 9.17) is 14.9 Å². The van der Waals surface area contributed by atoms with Gasteiger partial charge in [0, 0.05) is 19.6 Å². The first kappa shape index (κ1) is 10.4. The summed E-state index contributed by atoms with van der Waals surface area (Å²) in [4.78, 5) is 11.3. The Bertz CT molecular complexity index is 365. The van der Waals surface area contributed by atoms with Gasteiger partial charge in [0.1, 0.15) is 0 Å². The minimum Gasteiger partial charge on any atom is -0.392 e. The van der Waals surface area contributed by atoms with Gasteiger partial charge in [-0.2, -0.15) is 4.68 Å². The molecule has 6 nitrogen and oxygen atoms in total. The van der Waals surface area contributed by atoms with Crippen LogP contribution in [0.2, 0.25) is 0 Å². The molecule has 15 heavy (non-hydrogen) atoms. The lowest BCUT2D eigenvalue weighted by molar-refractivity contribution is 0.0922. The van der Waals surface area contributed by atoms with E-state index in [9.17, 15) is 4.79 Å². The molecule has 0 bridgehead atoms. The van der Waals surface area contributed by atoms with Crippen LogP contribution in [0.5, 0.6) is 0 Å². The molecule has 1 saturated heterocycles. The Morgan fingerprint density at radius 2 is 2.47 bits per heavy atom. The predicted octanol–water partition coefficient (Wildman–Crippen LogP) is -0.484. The Morgan fingerprint density at radius 3 is 3.13 bits per heavy atom. The SMILES string of the molecule is NCCc1nn(CC2CCCO2)c(=O)o1. The molecule has 1 aliphatic heterocycles. The van der Waals surface area contributed by atoms with Crippen molar-refractivity contribution in [2.75, 3.05) is 13.2 Å². The molecule has 0 aliphatic carbocycles. The van der Waals surface area contributed by atoms with Gasteiger partial charge in [0.25, 0.3) is 0 Å². The molecule has 1 aliphatic rings. The lowest BCUT2D eigenvalue weighted by Gasteiger charge is -2.06. The Kier molecular flexibility index (Phi) is 3.17. The van der Waals surface area contributed by atoms with Gasteiger partial charge in [-0.15, -0.1) is 5.10 Å². The molecule has 2 N–H and O–H groups in total. The summed E-state index contributed by atoms with van der Waals surface area (Å²) in [6, 6.07) is 0. The number of rotatable bonds is 4. The summed E-state index contributed by atoms with van der Waals surface area (Å²) in [5.74, 6) is -0.0190. The highest BCUT2D eigenvalue weighted by atomic mass is 16.5. The molecule has 6 heteroatoms. The minimum atomic E-state index is -0.422. The zero-order valence-corrected chi connectivity index (χ0v) is 8.52. The average Bonchev–Trinajstić information content (AvgIpc) is 2.79. The van der Waals surface area contributed by atoms with Crippen LogP contribution < -0.4 is 11.5 Å². The molecular weight excluding hydrogens is 198 g/mol. The molecule has 2 heterocycles. The van der Waals surface area contributed by atoms with Crippen LogP contribution in [0.4, 0.5) is 0 Å². The Morgan fingerprint density at radius 1 is 1.60 bits per heavy atom. The van der Waals surface area contributed by atoms with Crippen molar-refractivity contribution < 1.29 is 9.15 Å². The second-order valence-electron chi connectivity index (χ2n) is 3.62. The summed E-state index contributed by atoms with van der Waals surface area (Å²) in [5, 5.41) is 4.04. The Hall–Kier alpha value is -1.14. The average molecular weight is 213 g/mol. The maximum atomic E-state index is 11.3. The summed E-state index contributed by atoms with van der Waals surface area (Å²) < 4.78 is 11.7. The minimum absolute atomic E-state index is 0.0959. The lowest BCUT2D eigenvalue weighted by Crippen LogP contribution is -2.24. The van der Waals surface area contributed by atoms with Gasteiger partial charge < -0.3 is 14.9 Å². The van der Waals surface area contributed by atoms with Crippen molar-refractivity contribution in [3.8, 4) is 0 Å². The summed E-state index contributed by atoms with van der Waals surface area (Å²) in [7, 11) is 0. The monoisotopic (exact) mass is 213 g/mol. The molecule has 1 aromatic heterocycles. The van der Waals surface area contributed by atoms with E-state index in [1.54, 1.807) is 0 Å². The van der Waals surface area contributed by atoms with Gasteiger partial charge in [-0.1, -0.05) is 0 Å². The van der Waals surface area contributed by atoms with Crippen molar-refractivity contribution in [3.63, 3.8) is 0 Å². The smallest absolute Gasteiger partial charge is 0.392 e. The van der Waals surface area contributed by atoms with Crippen LogP contribution in [0.25, 0.3) is 0 Å². The van der Waals surface area contributed by atoms with Gasteiger partial charge in [0.15, 0.2) is 0 Å². The van der Waals surface area contributed by atoms with Crippen LogP contribution in [-0.4, -0.2) is 29.0 Å². The first-order valence-electron chi connectivity index (χ1n) is 5.18. The standard InChI is InChI=1S/C9H15N3O3/c10-4-3-8-11-12(9(13)15-8)6-7-2-1-5-14-7/h7H,1-6,10H2. The fraction of sp³-hybridized carbons (Fsp3) is 0.778. The summed E-state index contributed by atoms with van der Waals surface area (Å²) >= 11 is 0. The van der Waals surface area contributed by atoms with Crippen LogP contribution in [0.15, 0.2) is 9.21 Å². The number of aromatic nitrogens is 2. The zero-order chi connectivity index (χ0) is 10.7. The molecule has 0 radical (unpaired) electrons. The second-order valence-corrected chi connectivity index (χ2v) is 3.62. The van der Waals surface area contributed by atoms with E-state index in [0.29, 0.717) is 25.4 Å². The second kappa shape index (κ2) is 4.59. The molecule has 84 valence electrons. The van der Waals surface area contributed by atoms with Crippen LogP contribution in [0.1, 0.15) is 18.7 Å². The molecule has 1 aromatic rings. The molecule has 2 rings (SSSR count). The highest BCUT2D eigenvalue weighted by molar-refractivity contribution is 4.77. The molecule has 0 spiro atoms. The normalized spacial score (nSPS) is 21.0. The summed E-state index contributed by atoms with van der Waals surface area (Å²) in [6.45, 7) is 1.68. The van der Waals surface area contributed by atoms with Crippen LogP contribution >= 0.6 is 0 Å². The van der Waals surface area contributed by atoms with E-state index in [1.807, 2.05) is 0 Å². The summed E-state index contributed by atoms with van der Waals surface area (Å²) in [6.07, 6.45) is 2.62. The Labute approximate surface area is 87.0 Å². The highest BCUT2D eigenvalue weighted by Gasteiger charge is 2.18. The maximum absolute atomic E-state index is 11.3. The summed E-state index contributed by atoms with van der Waals surface area (Å²) in [5.41, 5.74) is 5.35. The maximum Gasteiger partial charge on any atom is 0.437 e. The molecule has 0 amide bonds. The third kappa shape index (κ3) is 2.45. The molecule has 1 unspecified atom stereocenters. The van der Waals surface area contributed by atoms with E-state index in [0.717, 1.165) is 19.4 Å². The van der Waals surface area contributed by atoms with Crippen molar-refractivity contribution in [3.05, 3.63) is 16.4 Å². The molecule has 0 aromatic carbocycles. The Balaban J connectivity index is 2.03. The van der Waals surface area contributed by atoms with E-state index in [2.05, 4.69) is 5.10 Å². The number of ether oxygens (including phenoxy) is 1. The van der Waals surface area contributed by atoms with E-state index in [1.165, 1.54) is 4.68 Å². The number of nitrogens with zero attached hydrogens (tertiary/aromatic N) is 2. The van der Waals surface area contributed by atoms with Gasteiger partial charge in [0.2, 0.25) is 5.89 Å². The first-order valence-corrected chi connectivity index (χ1v) is 5.18. The van der Waals surface area contributed by atoms with Crippen molar-refractivity contribution in [1.29, 1.82) is 0 Å². The molecule has 1 fully saturated rings. The van der Waals surface area contributed by atoms with Gasteiger partial charge in [-0.05, 0) is 12.8 Å². The fourth-order valence-corrected chi connectivity index (χ4v) is 1.67. The van der Waals surface area contributed by atoms with E-state index < -0.39 is 5.76 Å². The predicted molar refractivity (Wildman–Crippen MR) is 52.5 cm³/mol. The van der Waals surface area contributed by atoms with Gasteiger partial charge in [0.05, 0.1) is 12.6 Å². The van der Waals surface area contributed by atoms with E-state index in [-0.39, 0.29) is 6.10 Å².